The van der Waals surface area contributed by atoms with Gasteiger partial charge in [-0.25, -0.2) is 12.8 Å². The van der Waals surface area contributed by atoms with Crippen molar-refractivity contribution in [3.8, 4) is 0 Å². The van der Waals surface area contributed by atoms with Crippen LogP contribution in [0.1, 0.15) is 5.56 Å². The molecule has 1 unspecified atom stereocenters. The molecular weight excluding hydrogens is 283 g/mol. The molecule has 2 rings (SSSR count). The Hall–Kier alpha value is -1.02. The van der Waals surface area contributed by atoms with Crippen LogP contribution in [0.15, 0.2) is 23.1 Å². The van der Waals surface area contributed by atoms with E-state index in [1.54, 1.807) is 6.92 Å². The minimum absolute atomic E-state index is 0.0353. The second kappa shape index (κ2) is 6.17. The van der Waals surface area contributed by atoms with Gasteiger partial charge in [-0.1, -0.05) is 6.07 Å². The van der Waals surface area contributed by atoms with Gasteiger partial charge in [0, 0.05) is 26.7 Å². The first-order valence-corrected chi connectivity index (χ1v) is 7.90. The standard InChI is InChI=1S/C13H19FN2O3S/c1-10-3-4-12(7-13(10)14)20(17,18)16(2)9-11-8-15-5-6-19-11/h3-4,7,11,15H,5-6,8-9H2,1-2H3. The maximum atomic E-state index is 13.5. The quantitative estimate of drug-likeness (QED) is 0.891. The SMILES string of the molecule is Cc1ccc(S(=O)(=O)N(C)CC2CNCCO2)cc1F. The van der Waals surface area contributed by atoms with E-state index in [1.165, 1.54) is 23.5 Å². The lowest BCUT2D eigenvalue weighted by molar-refractivity contribution is 0.0206. The lowest BCUT2D eigenvalue weighted by atomic mass is 10.2. The smallest absolute Gasteiger partial charge is 0.243 e. The second-order valence-corrected chi connectivity index (χ2v) is 6.94. The maximum absolute atomic E-state index is 13.5. The zero-order valence-electron chi connectivity index (χ0n) is 11.6. The first kappa shape index (κ1) is 15.4. The zero-order chi connectivity index (χ0) is 14.8. The summed E-state index contributed by atoms with van der Waals surface area (Å²) in [4.78, 5) is -0.0353. The summed E-state index contributed by atoms with van der Waals surface area (Å²) in [6, 6.07) is 3.94. The van der Waals surface area contributed by atoms with Gasteiger partial charge in [0.2, 0.25) is 10.0 Å². The molecule has 1 atom stereocenters. The normalized spacial score (nSPS) is 20.3. The van der Waals surface area contributed by atoms with E-state index < -0.39 is 15.8 Å². The van der Waals surface area contributed by atoms with E-state index >= 15 is 0 Å². The predicted molar refractivity (Wildman–Crippen MR) is 73.6 cm³/mol. The van der Waals surface area contributed by atoms with Gasteiger partial charge >= 0.3 is 0 Å². The maximum Gasteiger partial charge on any atom is 0.243 e. The molecule has 0 aliphatic carbocycles. The molecule has 1 aliphatic rings. The van der Waals surface area contributed by atoms with Crippen molar-refractivity contribution < 1.29 is 17.5 Å². The van der Waals surface area contributed by atoms with E-state index in [2.05, 4.69) is 5.32 Å². The zero-order valence-corrected chi connectivity index (χ0v) is 12.4. The summed E-state index contributed by atoms with van der Waals surface area (Å²) < 4.78 is 44.9. The highest BCUT2D eigenvalue weighted by molar-refractivity contribution is 7.89. The lowest BCUT2D eigenvalue weighted by Gasteiger charge is -2.27. The number of ether oxygens (including phenoxy) is 1. The molecule has 1 heterocycles. The van der Waals surface area contributed by atoms with Gasteiger partial charge in [-0.05, 0) is 24.6 Å². The topological polar surface area (TPSA) is 58.6 Å². The Kier molecular flexibility index (Phi) is 4.74. The van der Waals surface area contributed by atoms with Crippen LogP contribution in [0.5, 0.6) is 0 Å². The Morgan fingerprint density at radius 2 is 2.25 bits per heavy atom. The van der Waals surface area contributed by atoms with Crippen molar-refractivity contribution in [3.05, 3.63) is 29.6 Å². The van der Waals surface area contributed by atoms with Crippen molar-refractivity contribution >= 4 is 10.0 Å². The number of halogens is 1. The number of nitrogens with one attached hydrogen (secondary N) is 1. The number of morpholine rings is 1. The monoisotopic (exact) mass is 302 g/mol. The summed E-state index contributed by atoms with van der Waals surface area (Å²) in [7, 11) is -2.21. The molecule has 20 heavy (non-hydrogen) atoms. The van der Waals surface area contributed by atoms with Gasteiger partial charge in [0.15, 0.2) is 0 Å². The number of hydrogen-bond acceptors (Lipinski definition) is 4. The second-order valence-electron chi connectivity index (χ2n) is 4.89. The molecule has 1 saturated heterocycles. The van der Waals surface area contributed by atoms with Crippen LogP contribution in [-0.2, 0) is 14.8 Å². The summed E-state index contributed by atoms with van der Waals surface area (Å²) in [5.41, 5.74) is 0.423. The van der Waals surface area contributed by atoms with Gasteiger partial charge in [0.1, 0.15) is 5.82 Å². The fraction of sp³-hybridized carbons (Fsp3) is 0.538. The largest absolute Gasteiger partial charge is 0.374 e. The molecule has 1 N–H and O–H groups in total. The number of aryl methyl sites for hydroxylation is 1. The number of sulfonamides is 1. The molecule has 5 nitrogen and oxygen atoms in total. The van der Waals surface area contributed by atoms with Crippen molar-refractivity contribution in [2.75, 3.05) is 33.3 Å². The molecule has 1 aromatic rings. The molecule has 1 aliphatic heterocycles. The first-order valence-electron chi connectivity index (χ1n) is 6.46. The van der Waals surface area contributed by atoms with E-state index in [0.717, 1.165) is 12.6 Å². The van der Waals surface area contributed by atoms with Crippen LogP contribution in [0.3, 0.4) is 0 Å². The van der Waals surface area contributed by atoms with Gasteiger partial charge in [-0.3, -0.25) is 0 Å². The van der Waals surface area contributed by atoms with Gasteiger partial charge in [0.25, 0.3) is 0 Å². The van der Waals surface area contributed by atoms with E-state index in [9.17, 15) is 12.8 Å². The van der Waals surface area contributed by atoms with Crippen LogP contribution in [0.25, 0.3) is 0 Å². The molecule has 1 aromatic carbocycles. The first-order chi connectivity index (χ1) is 9.41. The molecule has 0 radical (unpaired) electrons. The van der Waals surface area contributed by atoms with Crippen LogP contribution in [0.2, 0.25) is 0 Å². The summed E-state index contributed by atoms with van der Waals surface area (Å²) in [6.45, 7) is 3.79. The van der Waals surface area contributed by atoms with Gasteiger partial charge in [-0.2, -0.15) is 4.31 Å². The summed E-state index contributed by atoms with van der Waals surface area (Å²) >= 11 is 0. The third kappa shape index (κ3) is 3.35. The number of rotatable bonds is 4. The highest BCUT2D eigenvalue weighted by atomic mass is 32.2. The minimum atomic E-state index is -3.69. The molecule has 0 aromatic heterocycles. The average molecular weight is 302 g/mol. The Balaban J connectivity index is 2.13. The number of likely N-dealkylation sites (N-methyl/N-ethyl adjacent to an activating group) is 1. The minimum Gasteiger partial charge on any atom is -0.374 e. The molecule has 112 valence electrons. The molecule has 0 bridgehead atoms. The third-order valence-electron chi connectivity index (χ3n) is 3.32. The molecule has 7 heteroatoms. The van der Waals surface area contributed by atoms with Gasteiger partial charge < -0.3 is 10.1 Å². The van der Waals surface area contributed by atoms with E-state index in [-0.39, 0.29) is 17.5 Å². The van der Waals surface area contributed by atoms with Crippen molar-refractivity contribution in [1.82, 2.24) is 9.62 Å². The summed E-state index contributed by atoms with van der Waals surface area (Å²) in [5.74, 6) is -0.518. The van der Waals surface area contributed by atoms with Crippen molar-refractivity contribution in [2.45, 2.75) is 17.9 Å². The van der Waals surface area contributed by atoms with Crippen molar-refractivity contribution in [2.24, 2.45) is 0 Å². The lowest BCUT2D eigenvalue weighted by Crippen LogP contribution is -2.45. The third-order valence-corrected chi connectivity index (χ3v) is 5.14. The molecular formula is C13H19FN2O3S. The predicted octanol–water partition coefficient (Wildman–Crippen LogP) is 0.743. The molecule has 0 saturated carbocycles. The van der Waals surface area contributed by atoms with E-state index in [1.807, 2.05) is 0 Å². The van der Waals surface area contributed by atoms with Gasteiger partial charge in [0.05, 0.1) is 17.6 Å². The van der Waals surface area contributed by atoms with Crippen molar-refractivity contribution in [1.29, 1.82) is 0 Å². The van der Waals surface area contributed by atoms with Crippen LogP contribution in [-0.4, -0.2) is 52.1 Å². The molecule has 0 amide bonds. The van der Waals surface area contributed by atoms with Crippen LogP contribution >= 0.6 is 0 Å². The number of nitrogens with zero attached hydrogens (tertiary/aromatic N) is 1. The fourth-order valence-corrected chi connectivity index (χ4v) is 3.25. The van der Waals surface area contributed by atoms with Gasteiger partial charge in [-0.15, -0.1) is 0 Å². The Morgan fingerprint density at radius 3 is 2.85 bits per heavy atom. The highest BCUT2D eigenvalue weighted by Gasteiger charge is 2.25. The fourth-order valence-electron chi connectivity index (χ4n) is 2.04. The summed E-state index contributed by atoms with van der Waals surface area (Å²) in [6.07, 6.45) is -0.182. The molecule has 0 spiro atoms. The highest BCUT2D eigenvalue weighted by Crippen LogP contribution is 2.18. The van der Waals surface area contributed by atoms with Crippen LogP contribution < -0.4 is 5.32 Å². The van der Waals surface area contributed by atoms with E-state index in [4.69, 9.17) is 4.74 Å². The Morgan fingerprint density at radius 1 is 1.50 bits per heavy atom. The van der Waals surface area contributed by atoms with Crippen molar-refractivity contribution in [3.63, 3.8) is 0 Å². The van der Waals surface area contributed by atoms with E-state index in [0.29, 0.717) is 18.7 Å². The average Bonchev–Trinajstić information content (AvgIpc) is 2.42. The van der Waals surface area contributed by atoms with Crippen LogP contribution in [0, 0.1) is 12.7 Å². The Bertz CT molecular complexity index is 571. The Labute approximate surface area is 118 Å². The number of hydrogen-bond donors (Lipinski definition) is 1. The number of benzene rings is 1. The molecule has 1 fully saturated rings. The van der Waals surface area contributed by atoms with Crippen LogP contribution in [0.4, 0.5) is 4.39 Å². The summed E-state index contributed by atoms with van der Waals surface area (Å²) in [5, 5.41) is 3.14.